The number of guanidine groups is 1. The Balaban J connectivity index is 0.00000392. The maximum atomic E-state index is 11.5. The molecule has 0 unspecified atom stereocenters. The van der Waals surface area contributed by atoms with E-state index in [1.807, 2.05) is 24.3 Å². The fourth-order valence-corrected chi connectivity index (χ4v) is 3.23. The summed E-state index contributed by atoms with van der Waals surface area (Å²) in [5.41, 5.74) is 1.09. The number of rotatable bonds is 8. The molecule has 2 rings (SSSR count). The topological polar surface area (TPSA) is 75.2 Å². The Morgan fingerprint density at radius 3 is 2.71 bits per heavy atom. The molecule has 1 aromatic carbocycles. The molecule has 0 spiro atoms. The molecule has 1 aliphatic rings. The summed E-state index contributed by atoms with van der Waals surface area (Å²) in [6.07, 6.45) is 2.65. The van der Waals surface area contributed by atoms with Crippen LogP contribution in [0.4, 0.5) is 0 Å². The molecule has 1 amide bonds. The summed E-state index contributed by atoms with van der Waals surface area (Å²) < 4.78 is 11.0. The normalized spacial score (nSPS) is 15.0. The summed E-state index contributed by atoms with van der Waals surface area (Å²) in [5.74, 6) is 2.34. The number of carbonyl (C=O) groups is 1. The van der Waals surface area contributed by atoms with E-state index in [-0.39, 0.29) is 29.9 Å². The minimum atomic E-state index is 0. The van der Waals surface area contributed by atoms with Gasteiger partial charge in [0.05, 0.1) is 20.3 Å². The Morgan fingerprint density at radius 2 is 2.07 bits per heavy atom. The van der Waals surface area contributed by atoms with Crippen LogP contribution < -0.4 is 15.4 Å². The number of methoxy groups -OCH3 is 1. The van der Waals surface area contributed by atoms with Gasteiger partial charge in [-0.2, -0.15) is 0 Å². The summed E-state index contributed by atoms with van der Waals surface area (Å²) >= 11 is 0. The van der Waals surface area contributed by atoms with Gasteiger partial charge in [-0.25, -0.2) is 0 Å². The van der Waals surface area contributed by atoms with Gasteiger partial charge in [0.2, 0.25) is 5.91 Å². The number of nitrogens with zero attached hydrogens (tertiary/aromatic N) is 2. The van der Waals surface area contributed by atoms with E-state index in [2.05, 4.69) is 20.5 Å². The van der Waals surface area contributed by atoms with E-state index >= 15 is 0 Å². The maximum absolute atomic E-state index is 11.5. The number of benzene rings is 1. The highest BCUT2D eigenvalue weighted by Gasteiger charge is 2.22. The number of nitrogens with one attached hydrogen (secondary N) is 2. The molecular weight excluding hydrogens is 471 g/mol. The van der Waals surface area contributed by atoms with E-state index in [0.29, 0.717) is 32.1 Å². The van der Waals surface area contributed by atoms with Crippen molar-refractivity contribution in [2.45, 2.75) is 25.9 Å². The summed E-state index contributed by atoms with van der Waals surface area (Å²) in [4.78, 5) is 18.1. The van der Waals surface area contributed by atoms with Crippen molar-refractivity contribution in [3.05, 3.63) is 29.8 Å². The van der Waals surface area contributed by atoms with Crippen molar-refractivity contribution in [1.29, 1.82) is 0 Å². The van der Waals surface area contributed by atoms with Crippen molar-refractivity contribution in [2.75, 3.05) is 47.4 Å². The zero-order chi connectivity index (χ0) is 19.5. The summed E-state index contributed by atoms with van der Waals surface area (Å²) in [6, 6.07) is 7.89. The van der Waals surface area contributed by atoms with Gasteiger partial charge in [0.15, 0.2) is 5.96 Å². The highest BCUT2D eigenvalue weighted by atomic mass is 127. The van der Waals surface area contributed by atoms with Gasteiger partial charge in [-0.05, 0) is 36.5 Å². The third kappa shape index (κ3) is 8.22. The summed E-state index contributed by atoms with van der Waals surface area (Å²) in [5, 5.41) is 6.07. The molecule has 2 N–H and O–H groups in total. The van der Waals surface area contributed by atoms with Crippen molar-refractivity contribution in [3.8, 4) is 5.75 Å². The van der Waals surface area contributed by atoms with E-state index in [1.165, 1.54) is 0 Å². The molecule has 0 aliphatic carbocycles. The lowest BCUT2D eigenvalue weighted by molar-refractivity contribution is -0.121. The number of amides is 1. The molecule has 8 heteroatoms. The van der Waals surface area contributed by atoms with Crippen LogP contribution in [0.5, 0.6) is 5.75 Å². The smallest absolute Gasteiger partial charge is 0.220 e. The number of piperidine rings is 1. The average molecular weight is 504 g/mol. The molecule has 1 aliphatic heterocycles. The average Bonchev–Trinajstić information content (AvgIpc) is 2.71. The largest absolute Gasteiger partial charge is 0.497 e. The second-order valence-electron chi connectivity index (χ2n) is 6.69. The monoisotopic (exact) mass is 504 g/mol. The van der Waals surface area contributed by atoms with E-state index in [0.717, 1.165) is 43.2 Å². The van der Waals surface area contributed by atoms with Crippen molar-refractivity contribution < 1.29 is 14.3 Å². The number of carbonyl (C=O) groups excluding carboxylic acids is 1. The molecule has 0 atom stereocenters. The molecule has 1 saturated heterocycles. The summed E-state index contributed by atoms with van der Waals surface area (Å²) in [6.45, 7) is 3.71. The first kappa shape index (κ1) is 24.5. The van der Waals surface area contributed by atoms with Gasteiger partial charge in [-0.1, -0.05) is 12.1 Å². The van der Waals surface area contributed by atoms with Crippen LogP contribution in [0.15, 0.2) is 29.3 Å². The van der Waals surface area contributed by atoms with E-state index in [9.17, 15) is 4.79 Å². The van der Waals surface area contributed by atoms with Crippen LogP contribution in [-0.4, -0.2) is 64.2 Å². The zero-order valence-electron chi connectivity index (χ0n) is 17.1. The Morgan fingerprint density at radius 1 is 1.32 bits per heavy atom. The minimum absolute atomic E-state index is 0. The third-order valence-electron chi connectivity index (χ3n) is 4.81. The molecule has 7 nitrogen and oxygen atoms in total. The molecule has 1 fully saturated rings. The van der Waals surface area contributed by atoms with Crippen LogP contribution in [0.25, 0.3) is 0 Å². The first-order valence-electron chi connectivity index (χ1n) is 9.53. The molecular formula is C20H33IN4O3. The molecule has 0 saturated carbocycles. The predicted octanol–water partition coefficient (Wildman–Crippen LogP) is 2.25. The molecule has 0 radical (unpaired) electrons. The molecule has 1 heterocycles. The first-order chi connectivity index (χ1) is 13.2. The van der Waals surface area contributed by atoms with Crippen molar-refractivity contribution >= 4 is 35.8 Å². The van der Waals surface area contributed by atoms with Crippen molar-refractivity contribution in [1.82, 2.24) is 15.5 Å². The molecule has 158 valence electrons. The van der Waals surface area contributed by atoms with Gasteiger partial charge in [-0.3, -0.25) is 9.79 Å². The van der Waals surface area contributed by atoms with Gasteiger partial charge in [0, 0.05) is 40.2 Å². The van der Waals surface area contributed by atoms with E-state index in [4.69, 9.17) is 9.47 Å². The number of hydrogen-bond acceptors (Lipinski definition) is 4. The zero-order valence-corrected chi connectivity index (χ0v) is 19.4. The lowest BCUT2D eigenvalue weighted by atomic mass is 9.93. The van der Waals surface area contributed by atoms with Gasteiger partial charge in [-0.15, -0.1) is 24.0 Å². The van der Waals surface area contributed by atoms with Crippen LogP contribution in [0.1, 0.15) is 24.8 Å². The van der Waals surface area contributed by atoms with Crippen LogP contribution in [0.3, 0.4) is 0 Å². The Bertz CT molecular complexity index is 619. The fraction of sp³-hybridized carbons (Fsp3) is 0.600. The van der Waals surface area contributed by atoms with Crippen molar-refractivity contribution in [2.24, 2.45) is 10.9 Å². The van der Waals surface area contributed by atoms with Gasteiger partial charge in [0.1, 0.15) is 5.75 Å². The highest BCUT2D eigenvalue weighted by molar-refractivity contribution is 14.0. The van der Waals surface area contributed by atoms with Crippen LogP contribution in [0, 0.1) is 5.92 Å². The van der Waals surface area contributed by atoms with Crippen molar-refractivity contribution in [3.63, 3.8) is 0 Å². The van der Waals surface area contributed by atoms with Gasteiger partial charge >= 0.3 is 0 Å². The number of likely N-dealkylation sites (tertiary alicyclic amines) is 1. The minimum Gasteiger partial charge on any atom is -0.497 e. The molecule has 0 bridgehead atoms. The highest BCUT2D eigenvalue weighted by Crippen LogP contribution is 2.20. The fourth-order valence-electron chi connectivity index (χ4n) is 3.23. The number of ether oxygens (including phenoxy) is 2. The maximum Gasteiger partial charge on any atom is 0.220 e. The Hall–Kier alpha value is -1.55. The lowest BCUT2D eigenvalue weighted by Crippen LogP contribution is -2.46. The van der Waals surface area contributed by atoms with E-state index < -0.39 is 0 Å². The Labute approximate surface area is 185 Å². The molecule has 28 heavy (non-hydrogen) atoms. The molecule has 1 aromatic rings. The lowest BCUT2D eigenvalue weighted by Gasteiger charge is -2.34. The van der Waals surface area contributed by atoms with E-state index in [1.54, 1.807) is 21.2 Å². The van der Waals surface area contributed by atoms with Gasteiger partial charge in [0.25, 0.3) is 0 Å². The number of hydrogen-bond donors (Lipinski definition) is 2. The SMILES string of the molecule is CN=C(NCCOCc1cccc(OC)c1)N1CCC(CC(=O)NC)CC1.I. The second-order valence-corrected chi connectivity index (χ2v) is 6.69. The summed E-state index contributed by atoms with van der Waals surface area (Å²) in [7, 11) is 5.16. The van der Waals surface area contributed by atoms with Crippen LogP contribution >= 0.6 is 24.0 Å². The number of halogens is 1. The number of aliphatic imine (C=N–C) groups is 1. The third-order valence-corrected chi connectivity index (χ3v) is 4.81. The van der Waals surface area contributed by atoms with Crippen LogP contribution in [0.2, 0.25) is 0 Å². The Kier molecular flexibility index (Phi) is 11.9. The first-order valence-corrected chi connectivity index (χ1v) is 9.53. The van der Waals surface area contributed by atoms with Gasteiger partial charge < -0.3 is 25.0 Å². The predicted molar refractivity (Wildman–Crippen MR) is 122 cm³/mol. The van der Waals surface area contributed by atoms with Crippen LogP contribution in [-0.2, 0) is 16.1 Å². The quantitative estimate of drug-likeness (QED) is 0.246. The standard InChI is InChI=1S/C20H32N4O3.HI/c1-21-19(25)14-16-7-10-24(11-8-16)20(22-2)23-9-12-27-15-17-5-4-6-18(13-17)26-3;/h4-6,13,16H,7-12,14-15H2,1-3H3,(H,21,25)(H,22,23);1H. The second kappa shape index (κ2) is 13.6. The molecule has 0 aromatic heterocycles.